The third kappa shape index (κ3) is 5.57. The second-order valence-corrected chi connectivity index (χ2v) is 15.0. The smallest absolute Gasteiger partial charge is 0.0547 e. The van der Waals surface area contributed by atoms with Crippen molar-refractivity contribution in [1.29, 1.82) is 0 Å². The average molecular weight is 705 g/mol. The summed E-state index contributed by atoms with van der Waals surface area (Å²) in [5, 5.41) is 4.85. The monoisotopic (exact) mass is 704 g/mol. The average Bonchev–Trinajstić information content (AvgIpc) is 3.47. The van der Waals surface area contributed by atoms with Crippen LogP contribution in [-0.2, 0) is 5.41 Å². The zero-order chi connectivity index (χ0) is 36.9. The van der Waals surface area contributed by atoms with Crippen molar-refractivity contribution in [3.8, 4) is 22.3 Å². The van der Waals surface area contributed by atoms with E-state index in [1.807, 2.05) is 0 Å². The first-order valence-corrected chi connectivity index (χ1v) is 19.1. The van der Waals surface area contributed by atoms with E-state index >= 15 is 0 Å². The van der Waals surface area contributed by atoms with E-state index in [1.54, 1.807) is 0 Å². The Bertz CT molecular complexity index is 2820. The van der Waals surface area contributed by atoms with Gasteiger partial charge in [0.25, 0.3) is 0 Å². The van der Waals surface area contributed by atoms with E-state index < -0.39 is 0 Å². The van der Waals surface area contributed by atoms with Crippen LogP contribution in [0.5, 0.6) is 0 Å². The van der Waals surface area contributed by atoms with Gasteiger partial charge in [-0.25, -0.2) is 0 Å². The van der Waals surface area contributed by atoms with Crippen LogP contribution in [-0.4, -0.2) is 0 Å². The highest BCUT2D eigenvalue weighted by Gasteiger charge is 2.35. The second kappa shape index (κ2) is 13.2. The molecule has 0 aromatic heterocycles. The molecular formula is C53H40N2. The lowest BCUT2D eigenvalue weighted by atomic mass is 9.82. The molecule has 0 aliphatic heterocycles. The van der Waals surface area contributed by atoms with Gasteiger partial charge in [-0.15, -0.1) is 0 Å². The summed E-state index contributed by atoms with van der Waals surface area (Å²) in [7, 11) is 0. The summed E-state index contributed by atoms with van der Waals surface area (Å²) < 4.78 is 0. The lowest BCUT2D eigenvalue weighted by Gasteiger charge is -2.30. The molecule has 262 valence electrons. The third-order valence-corrected chi connectivity index (χ3v) is 11.4. The van der Waals surface area contributed by atoms with Crippen LogP contribution in [0.25, 0.3) is 43.8 Å². The van der Waals surface area contributed by atoms with E-state index in [2.05, 4.69) is 230 Å². The fourth-order valence-electron chi connectivity index (χ4n) is 8.69. The van der Waals surface area contributed by atoms with Crippen molar-refractivity contribution in [2.24, 2.45) is 0 Å². The summed E-state index contributed by atoms with van der Waals surface area (Å²) >= 11 is 0. The van der Waals surface area contributed by atoms with Gasteiger partial charge in [0.15, 0.2) is 0 Å². The van der Waals surface area contributed by atoms with Crippen LogP contribution in [0.15, 0.2) is 206 Å². The SMILES string of the molecule is CC1(C)c2ccccc2-c2ccc(N(c3ccccc3)c3ccc4c(c3)c(N(c3ccccc3)c3ccc(-c5ccccc5)cc3)cc3ccccc34)cc21. The first kappa shape index (κ1) is 32.7. The summed E-state index contributed by atoms with van der Waals surface area (Å²) in [5.41, 5.74) is 14.4. The van der Waals surface area contributed by atoms with Crippen LogP contribution < -0.4 is 9.80 Å². The Labute approximate surface area is 323 Å². The molecule has 0 fully saturated rings. The van der Waals surface area contributed by atoms with E-state index in [1.165, 1.54) is 54.9 Å². The molecule has 9 aromatic rings. The Morgan fingerprint density at radius 1 is 0.327 bits per heavy atom. The van der Waals surface area contributed by atoms with Crippen LogP contribution in [0.2, 0.25) is 0 Å². The lowest BCUT2D eigenvalue weighted by molar-refractivity contribution is 0.660. The largest absolute Gasteiger partial charge is 0.310 e. The molecule has 1 aliphatic carbocycles. The van der Waals surface area contributed by atoms with Gasteiger partial charge in [-0.1, -0.05) is 153 Å². The molecule has 0 spiro atoms. The number of hydrogen-bond donors (Lipinski definition) is 0. The molecule has 0 saturated carbocycles. The van der Waals surface area contributed by atoms with Crippen LogP contribution in [0, 0.1) is 0 Å². The van der Waals surface area contributed by atoms with Gasteiger partial charge in [0, 0.05) is 39.2 Å². The topological polar surface area (TPSA) is 6.48 Å². The van der Waals surface area contributed by atoms with Gasteiger partial charge in [-0.2, -0.15) is 0 Å². The summed E-state index contributed by atoms with van der Waals surface area (Å²) in [5.74, 6) is 0. The molecule has 0 unspecified atom stereocenters. The molecule has 0 amide bonds. The summed E-state index contributed by atoms with van der Waals surface area (Å²) in [6, 6.07) is 75.1. The van der Waals surface area contributed by atoms with Crippen molar-refractivity contribution in [1.82, 2.24) is 0 Å². The Morgan fingerprint density at radius 2 is 0.855 bits per heavy atom. The van der Waals surface area contributed by atoms with Crippen molar-refractivity contribution < 1.29 is 0 Å². The molecule has 9 aromatic carbocycles. The van der Waals surface area contributed by atoms with Crippen molar-refractivity contribution in [3.05, 3.63) is 217 Å². The third-order valence-electron chi connectivity index (χ3n) is 11.4. The number of para-hydroxylation sites is 2. The summed E-state index contributed by atoms with van der Waals surface area (Å²) in [6.45, 7) is 4.71. The number of nitrogens with zero attached hydrogens (tertiary/aromatic N) is 2. The molecule has 0 radical (unpaired) electrons. The maximum Gasteiger partial charge on any atom is 0.0547 e. The molecule has 2 nitrogen and oxygen atoms in total. The van der Waals surface area contributed by atoms with Gasteiger partial charge in [0.2, 0.25) is 0 Å². The number of rotatable bonds is 7. The van der Waals surface area contributed by atoms with Crippen LogP contribution in [0.4, 0.5) is 34.1 Å². The van der Waals surface area contributed by atoms with Crippen molar-refractivity contribution in [2.75, 3.05) is 9.80 Å². The minimum atomic E-state index is -0.105. The molecular weight excluding hydrogens is 665 g/mol. The maximum absolute atomic E-state index is 2.42. The second-order valence-electron chi connectivity index (χ2n) is 15.0. The van der Waals surface area contributed by atoms with Crippen LogP contribution in [0.3, 0.4) is 0 Å². The van der Waals surface area contributed by atoms with E-state index in [0.717, 1.165) is 34.1 Å². The van der Waals surface area contributed by atoms with Gasteiger partial charge in [0.1, 0.15) is 0 Å². The number of anilines is 6. The fraction of sp³-hybridized carbons (Fsp3) is 0.0566. The van der Waals surface area contributed by atoms with Crippen molar-refractivity contribution in [2.45, 2.75) is 19.3 Å². The van der Waals surface area contributed by atoms with Crippen LogP contribution >= 0.6 is 0 Å². The minimum Gasteiger partial charge on any atom is -0.310 e. The number of fused-ring (bicyclic) bond motifs is 6. The van der Waals surface area contributed by atoms with Crippen molar-refractivity contribution in [3.63, 3.8) is 0 Å². The van der Waals surface area contributed by atoms with E-state index in [-0.39, 0.29) is 5.41 Å². The Balaban J connectivity index is 1.19. The number of benzene rings is 9. The Morgan fingerprint density at radius 3 is 1.60 bits per heavy atom. The van der Waals surface area contributed by atoms with E-state index in [4.69, 9.17) is 0 Å². The zero-order valence-electron chi connectivity index (χ0n) is 31.0. The molecule has 0 saturated heterocycles. The highest BCUT2D eigenvalue weighted by atomic mass is 15.2. The molecule has 0 bridgehead atoms. The Kier molecular flexibility index (Phi) is 7.85. The van der Waals surface area contributed by atoms with Gasteiger partial charge in [-0.05, 0) is 116 Å². The number of hydrogen-bond acceptors (Lipinski definition) is 2. The molecule has 0 N–H and O–H groups in total. The molecule has 10 rings (SSSR count). The van der Waals surface area contributed by atoms with Gasteiger partial charge in [-0.3, -0.25) is 0 Å². The summed E-state index contributed by atoms with van der Waals surface area (Å²) in [4.78, 5) is 4.83. The van der Waals surface area contributed by atoms with Crippen molar-refractivity contribution >= 4 is 55.7 Å². The molecule has 0 atom stereocenters. The lowest BCUT2D eigenvalue weighted by Crippen LogP contribution is -2.16. The van der Waals surface area contributed by atoms with Crippen LogP contribution in [0.1, 0.15) is 25.0 Å². The standard InChI is InChI=1S/C53H40N2/c1-53(2)50-25-15-14-24-47(50)48-33-31-44(36-51(48)53)54(40-19-8-4-9-20-40)43-30-32-46-45-23-13-12-18-39(45)34-52(49(46)35-43)55(41-21-10-5-11-22-41)42-28-26-38(27-29-42)37-16-6-3-7-17-37/h3-36H,1-2H3. The normalized spacial score (nSPS) is 12.7. The van der Waals surface area contributed by atoms with Gasteiger partial charge >= 0.3 is 0 Å². The molecule has 55 heavy (non-hydrogen) atoms. The van der Waals surface area contributed by atoms with Gasteiger partial charge in [0.05, 0.1) is 5.69 Å². The predicted molar refractivity (Wildman–Crippen MR) is 234 cm³/mol. The molecule has 0 heterocycles. The Hall–Kier alpha value is -6.90. The quantitative estimate of drug-likeness (QED) is 0.152. The maximum atomic E-state index is 2.42. The predicted octanol–water partition coefficient (Wildman–Crippen LogP) is 14.9. The fourth-order valence-corrected chi connectivity index (χ4v) is 8.69. The van der Waals surface area contributed by atoms with Gasteiger partial charge < -0.3 is 9.80 Å². The first-order valence-electron chi connectivity index (χ1n) is 19.1. The molecule has 1 aliphatic rings. The summed E-state index contributed by atoms with van der Waals surface area (Å²) in [6.07, 6.45) is 0. The van der Waals surface area contributed by atoms with E-state index in [9.17, 15) is 0 Å². The van der Waals surface area contributed by atoms with E-state index in [0.29, 0.717) is 0 Å². The highest BCUT2D eigenvalue weighted by Crippen LogP contribution is 2.51. The molecule has 2 heteroatoms. The highest BCUT2D eigenvalue weighted by molar-refractivity contribution is 6.15. The first-order chi connectivity index (χ1) is 27.0. The minimum absolute atomic E-state index is 0.105. The zero-order valence-corrected chi connectivity index (χ0v) is 31.0.